The van der Waals surface area contributed by atoms with Crippen LogP contribution < -0.4 is 4.90 Å². The molecule has 6 nitrogen and oxygen atoms in total. The van der Waals surface area contributed by atoms with E-state index in [1.165, 1.54) is 16.9 Å². The first-order chi connectivity index (χ1) is 11.2. The zero-order valence-electron chi connectivity index (χ0n) is 14.0. The average Bonchev–Trinajstić information content (AvgIpc) is 2.93. The molecular weight excluding hydrogens is 348 g/mol. The molecule has 130 valence electrons. The smallest absolute Gasteiger partial charge is 0.260 e. The van der Waals surface area contributed by atoms with Crippen LogP contribution in [0.2, 0.25) is 5.02 Å². The normalized spacial score (nSPS) is 18.8. The summed E-state index contributed by atoms with van der Waals surface area (Å²) in [7, 11) is -1.94. The highest BCUT2D eigenvalue weighted by atomic mass is 35.5. The minimum atomic E-state index is -3.58. The number of hydrogen-bond donors (Lipinski definition) is 0. The standard InChI is InChI=1S/C16H21ClN4O2S/c1-16(2)12-20(14-6-4-13(17)5-7-14)10-11-21(16)24(22,23)15-8-9-18-19(15)3/h4-9H,10-12H2,1-3H3. The molecule has 8 heteroatoms. The summed E-state index contributed by atoms with van der Waals surface area (Å²) in [5, 5.41) is 4.89. The van der Waals surface area contributed by atoms with Gasteiger partial charge in [0.05, 0.1) is 6.20 Å². The fourth-order valence-electron chi connectivity index (χ4n) is 3.18. The van der Waals surface area contributed by atoms with E-state index in [4.69, 9.17) is 11.6 Å². The van der Waals surface area contributed by atoms with Crippen LogP contribution in [0.1, 0.15) is 13.8 Å². The van der Waals surface area contributed by atoms with Crippen molar-refractivity contribution in [2.24, 2.45) is 7.05 Å². The summed E-state index contributed by atoms with van der Waals surface area (Å²) in [5.41, 5.74) is 0.506. The Kier molecular flexibility index (Phi) is 4.36. The maximum atomic E-state index is 13.0. The Morgan fingerprint density at radius 3 is 2.33 bits per heavy atom. The van der Waals surface area contributed by atoms with Crippen LogP contribution in [0, 0.1) is 0 Å². The molecule has 3 rings (SSSR count). The van der Waals surface area contributed by atoms with E-state index >= 15 is 0 Å². The van der Waals surface area contributed by atoms with Gasteiger partial charge in [-0.05, 0) is 44.2 Å². The Bertz CT molecular complexity index is 830. The van der Waals surface area contributed by atoms with Crippen molar-refractivity contribution in [3.63, 3.8) is 0 Å². The van der Waals surface area contributed by atoms with Crippen molar-refractivity contribution in [3.8, 4) is 0 Å². The van der Waals surface area contributed by atoms with Crippen LogP contribution >= 0.6 is 11.6 Å². The number of piperazine rings is 1. The highest BCUT2D eigenvalue weighted by molar-refractivity contribution is 7.89. The minimum absolute atomic E-state index is 0.218. The SMILES string of the molecule is Cn1nccc1S(=O)(=O)N1CCN(c2ccc(Cl)cc2)CC1(C)C. The Morgan fingerprint density at radius 1 is 1.12 bits per heavy atom. The van der Waals surface area contributed by atoms with Crippen LogP contribution in [0.25, 0.3) is 0 Å². The van der Waals surface area contributed by atoms with Gasteiger partial charge in [0.1, 0.15) is 0 Å². The predicted molar refractivity (Wildman–Crippen MR) is 94.8 cm³/mol. The van der Waals surface area contributed by atoms with Crippen molar-refractivity contribution >= 4 is 27.3 Å². The maximum Gasteiger partial charge on any atom is 0.260 e. The van der Waals surface area contributed by atoms with Crippen molar-refractivity contribution in [3.05, 3.63) is 41.6 Å². The summed E-state index contributed by atoms with van der Waals surface area (Å²) >= 11 is 5.95. The zero-order valence-corrected chi connectivity index (χ0v) is 15.5. The lowest BCUT2D eigenvalue weighted by Gasteiger charge is -2.46. The maximum absolute atomic E-state index is 13.0. The van der Waals surface area contributed by atoms with Gasteiger partial charge < -0.3 is 4.90 Å². The first-order valence-corrected chi connectivity index (χ1v) is 9.55. The Balaban J connectivity index is 1.87. The molecule has 0 spiro atoms. The number of sulfonamides is 1. The molecule has 2 aromatic rings. The number of aryl methyl sites for hydroxylation is 1. The summed E-state index contributed by atoms with van der Waals surface area (Å²) in [4.78, 5) is 2.19. The number of benzene rings is 1. The molecule has 0 amide bonds. The third-order valence-corrected chi connectivity index (χ3v) is 6.79. The highest BCUT2D eigenvalue weighted by Crippen LogP contribution is 2.31. The predicted octanol–water partition coefficient (Wildman–Crippen LogP) is 2.36. The molecule has 0 N–H and O–H groups in total. The number of rotatable bonds is 3. The van der Waals surface area contributed by atoms with Crippen LogP contribution in [0.4, 0.5) is 5.69 Å². The van der Waals surface area contributed by atoms with Crippen molar-refractivity contribution in [1.82, 2.24) is 14.1 Å². The molecule has 0 radical (unpaired) electrons. The molecule has 1 aromatic carbocycles. The Labute approximate surface area is 147 Å². The van der Waals surface area contributed by atoms with Crippen molar-refractivity contribution in [1.29, 1.82) is 0 Å². The van der Waals surface area contributed by atoms with Gasteiger partial charge in [-0.3, -0.25) is 4.68 Å². The van der Waals surface area contributed by atoms with Gasteiger partial charge in [0.2, 0.25) is 0 Å². The fourth-order valence-corrected chi connectivity index (χ4v) is 5.18. The van der Waals surface area contributed by atoms with Crippen molar-refractivity contribution in [2.75, 3.05) is 24.5 Å². The second kappa shape index (κ2) is 6.06. The van der Waals surface area contributed by atoms with Gasteiger partial charge in [-0.2, -0.15) is 9.40 Å². The Morgan fingerprint density at radius 2 is 1.79 bits per heavy atom. The third-order valence-electron chi connectivity index (χ3n) is 4.35. The van der Waals surface area contributed by atoms with Gasteiger partial charge in [0, 0.05) is 42.9 Å². The second-order valence-corrected chi connectivity index (χ2v) is 8.83. The first kappa shape index (κ1) is 17.3. The fraction of sp³-hybridized carbons (Fsp3) is 0.438. The Hall–Kier alpha value is -1.57. The second-order valence-electron chi connectivity index (χ2n) is 6.58. The van der Waals surface area contributed by atoms with E-state index in [-0.39, 0.29) is 5.03 Å². The van der Waals surface area contributed by atoms with Crippen LogP contribution in [0.5, 0.6) is 0 Å². The van der Waals surface area contributed by atoms with Crippen LogP contribution in [-0.2, 0) is 17.1 Å². The zero-order chi connectivity index (χ0) is 17.5. The third kappa shape index (κ3) is 3.03. The van der Waals surface area contributed by atoms with Gasteiger partial charge in [0.25, 0.3) is 10.0 Å². The molecular formula is C16H21ClN4O2S. The van der Waals surface area contributed by atoms with Gasteiger partial charge in [-0.15, -0.1) is 0 Å². The molecule has 0 bridgehead atoms. The first-order valence-electron chi connectivity index (χ1n) is 7.73. The summed E-state index contributed by atoms with van der Waals surface area (Å²) in [6.07, 6.45) is 1.50. The van der Waals surface area contributed by atoms with E-state index < -0.39 is 15.6 Å². The quantitative estimate of drug-likeness (QED) is 0.834. The minimum Gasteiger partial charge on any atom is -0.368 e. The summed E-state index contributed by atoms with van der Waals surface area (Å²) < 4.78 is 29.0. The van der Waals surface area contributed by atoms with Crippen LogP contribution in [-0.4, -0.2) is 47.7 Å². The number of halogens is 1. The highest BCUT2D eigenvalue weighted by Gasteiger charge is 2.42. The molecule has 1 aliphatic heterocycles. The largest absolute Gasteiger partial charge is 0.368 e. The van der Waals surface area contributed by atoms with E-state index in [9.17, 15) is 8.42 Å². The lowest BCUT2D eigenvalue weighted by Crippen LogP contribution is -2.61. The van der Waals surface area contributed by atoms with Gasteiger partial charge in [-0.25, -0.2) is 8.42 Å². The number of anilines is 1. The van der Waals surface area contributed by atoms with Crippen molar-refractivity contribution in [2.45, 2.75) is 24.4 Å². The molecule has 0 unspecified atom stereocenters. The number of hydrogen-bond acceptors (Lipinski definition) is 4. The molecule has 24 heavy (non-hydrogen) atoms. The average molecular weight is 369 g/mol. The van der Waals surface area contributed by atoms with E-state index in [1.54, 1.807) is 11.4 Å². The summed E-state index contributed by atoms with van der Waals surface area (Å²) in [6.45, 7) is 5.54. The molecule has 0 atom stereocenters. The molecule has 1 aliphatic rings. The van der Waals surface area contributed by atoms with Gasteiger partial charge >= 0.3 is 0 Å². The van der Waals surface area contributed by atoms with Crippen LogP contribution in [0.15, 0.2) is 41.6 Å². The molecule has 1 aromatic heterocycles. The topological polar surface area (TPSA) is 58.4 Å². The van der Waals surface area contributed by atoms with Crippen molar-refractivity contribution < 1.29 is 8.42 Å². The van der Waals surface area contributed by atoms with Gasteiger partial charge in [-0.1, -0.05) is 11.6 Å². The van der Waals surface area contributed by atoms with Crippen LogP contribution in [0.3, 0.4) is 0 Å². The van der Waals surface area contributed by atoms with E-state index in [1.807, 2.05) is 38.1 Å². The monoisotopic (exact) mass is 368 g/mol. The molecule has 2 heterocycles. The van der Waals surface area contributed by atoms with E-state index in [0.717, 1.165) is 5.69 Å². The molecule has 1 fully saturated rings. The van der Waals surface area contributed by atoms with E-state index in [0.29, 0.717) is 24.7 Å². The lowest BCUT2D eigenvalue weighted by molar-refractivity contribution is 0.204. The molecule has 0 saturated carbocycles. The molecule has 0 aliphatic carbocycles. The number of nitrogens with zero attached hydrogens (tertiary/aromatic N) is 4. The molecule has 1 saturated heterocycles. The van der Waals surface area contributed by atoms with E-state index in [2.05, 4.69) is 10.00 Å². The lowest BCUT2D eigenvalue weighted by atomic mass is 10.0. The van der Waals surface area contributed by atoms with Gasteiger partial charge in [0.15, 0.2) is 5.03 Å². The summed E-state index contributed by atoms with van der Waals surface area (Å²) in [6, 6.07) is 9.16. The number of aromatic nitrogens is 2. The summed E-state index contributed by atoms with van der Waals surface area (Å²) in [5.74, 6) is 0.